The second kappa shape index (κ2) is 9.47. The molecule has 0 unspecified atom stereocenters. The van der Waals surface area contributed by atoms with Crippen molar-refractivity contribution >= 4 is 28.4 Å². The van der Waals surface area contributed by atoms with E-state index in [-0.39, 0.29) is 5.41 Å². The van der Waals surface area contributed by atoms with Crippen molar-refractivity contribution in [3.63, 3.8) is 0 Å². The highest BCUT2D eigenvalue weighted by Gasteiger charge is 2.50. The molecule has 1 spiro atoms. The number of rotatable bonds is 2. The van der Waals surface area contributed by atoms with E-state index in [1.807, 2.05) is 0 Å². The van der Waals surface area contributed by atoms with Gasteiger partial charge in [-0.25, -0.2) is 0 Å². The predicted molar refractivity (Wildman–Crippen MR) is 180 cm³/mol. The first kappa shape index (κ1) is 25.6. The Morgan fingerprint density at radius 2 is 1.02 bits per heavy atom. The number of fused-ring (bicyclic) bond motifs is 8. The summed E-state index contributed by atoms with van der Waals surface area (Å²) in [7, 11) is 0. The summed E-state index contributed by atoms with van der Waals surface area (Å²) in [5.74, 6) is 0. The van der Waals surface area contributed by atoms with Crippen LogP contribution in [0.2, 0.25) is 0 Å². The lowest BCUT2D eigenvalue weighted by atomic mass is 9.60. The van der Waals surface area contributed by atoms with E-state index < -0.39 is 5.41 Å². The van der Waals surface area contributed by atoms with Crippen LogP contribution in [0.5, 0.6) is 0 Å². The number of hydrogen-bond acceptors (Lipinski definition) is 2. The molecule has 6 aromatic rings. The Morgan fingerprint density at radius 3 is 1.67 bits per heavy atom. The van der Waals surface area contributed by atoms with Gasteiger partial charge in [0.05, 0.1) is 16.8 Å². The number of nitrogens with zero attached hydrogens (tertiary/aromatic N) is 1. The van der Waals surface area contributed by atoms with Crippen molar-refractivity contribution in [1.29, 1.82) is 0 Å². The molecule has 0 atom stereocenters. The van der Waals surface area contributed by atoms with Gasteiger partial charge in [0.25, 0.3) is 0 Å². The van der Waals surface area contributed by atoms with E-state index in [0.717, 1.165) is 17.1 Å². The molecule has 0 amide bonds. The number of anilines is 5. The molecule has 8 rings (SSSR count). The van der Waals surface area contributed by atoms with Crippen LogP contribution in [0.3, 0.4) is 0 Å². The fourth-order valence-electron chi connectivity index (χ4n) is 7.18. The van der Waals surface area contributed by atoms with Gasteiger partial charge in [0.2, 0.25) is 0 Å². The van der Waals surface area contributed by atoms with Crippen molar-refractivity contribution < 1.29 is 0 Å². The first-order valence-corrected chi connectivity index (χ1v) is 15.1. The largest absolute Gasteiger partial charge is 0.355 e. The normalized spacial score (nSPS) is 14.3. The minimum atomic E-state index is -0.480. The van der Waals surface area contributed by atoms with Gasteiger partial charge in [-0.2, -0.15) is 0 Å². The second-order valence-corrected chi connectivity index (χ2v) is 12.7. The summed E-state index contributed by atoms with van der Waals surface area (Å²) >= 11 is 0. The van der Waals surface area contributed by atoms with Gasteiger partial charge in [0, 0.05) is 17.1 Å². The van der Waals surface area contributed by atoms with Crippen molar-refractivity contribution in [2.24, 2.45) is 0 Å². The molecule has 0 saturated heterocycles. The zero-order valence-electron chi connectivity index (χ0n) is 24.8. The molecule has 0 radical (unpaired) electrons. The first-order chi connectivity index (χ1) is 21.0. The summed E-state index contributed by atoms with van der Waals surface area (Å²) < 4.78 is 0. The van der Waals surface area contributed by atoms with Crippen LogP contribution < -0.4 is 10.2 Å². The van der Waals surface area contributed by atoms with Crippen LogP contribution in [0, 0.1) is 0 Å². The molecule has 2 aliphatic heterocycles. The molecule has 43 heavy (non-hydrogen) atoms. The van der Waals surface area contributed by atoms with Crippen molar-refractivity contribution in [3.05, 3.63) is 173 Å². The maximum Gasteiger partial charge on any atom is 0.0782 e. The lowest BCUT2D eigenvalue weighted by Gasteiger charge is -2.49. The summed E-state index contributed by atoms with van der Waals surface area (Å²) in [5, 5.41) is 3.80. The summed E-state index contributed by atoms with van der Waals surface area (Å²) in [5.41, 5.74) is 14.4. The van der Waals surface area contributed by atoms with E-state index in [2.05, 4.69) is 177 Å². The van der Waals surface area contributed by atoms with E-state index in [0.29, 0.717) is 0 Å². The Balaban J connectivity index is 1.42. The first-order valence-electron chi connectivity index (χ1n) is 15.1. The van der Waals surface area contributed by atoms with Crippen LogP contribution in [-0.2, 0) is 10.8 Å². The quantitative estimate of drug-likeness (QED) is 0.229. The van der Waals surface area contributed by atoms with E-state index in [1.165, 1.54) is 50.3 Å². The van der Waals surface area contributed by atoms with E-state index in [1.54, 1.807) is 0 Å². The van der Waals surface area contributed by atoms with Gasteiger partial charge in [-0.1, -0.05) is 130 Å². The van der Waals surface area contributed by atoms with Crippen LogP contribution >= 0.6 is 0 Å². The SMILES string of the molecule is CC(C)(C)c1ccc2c(c1)C1(c3ccccc3N2)c2ccccc2N(c2ccc(-c3ccccc3)cc2)c2ccccc21. The Bertz CT molecular complexity index is 1930. The zero-order valence-corrected chi connectivity index (χ0v) is 24.8. The molecular weight excluding hydrogens is 520 g/mol. The molecule has 2 heterocycles. The molecular formula is C41H34N2. The molecule has 2 nitrogen and oxygen atoms in total. The summed E-state index contributed by atoms with van der Waals surface area (Å²) in [6, 6.07) is 53.5. The van der Waals surface area contributed by atoms with Gasteiger partial charge in [-0.15, -0.1) is 0 Å². The van der Waals surface area contributed by atoms with Gasteiger partial charge in [-0.05, 0) is 80.8 Å². The molecule has 0 fully saturated rings. The molecule has 2 aliphatic rings. The lowest BCUT2D eigenvalue weighted by Crippen LogP contribution is -2.40. The van der Waals surface area contributed by atoms with Gasteiger partial charge < -0.3 is 10.2 Å². The maximum atomic E-state index is 3.80. The van der Waals surface area contributed by atoms with Gasteiger partial charge >= 0.3 is 0 Å². The number of nitrogens with one attached hydrogen (secondary N) is 1. The van der Waals surface area contributed by atoms with E-state index >= 15 is 0 Å². The minimum Gasteiger partial charge on any atom is -0.355 e. The fourth-order valence-corrected chi connectivity index (χ4v) is 7.18. The number of hydrogen-bond donors (Lipinski definition) is 1. The van der Waals surface area contributed by atoms with Crippen LogP contribution in [0.4, 0.5) is 28.4 Å². The van der Waals surface area contributed by atoms with Gasteiger partial charge in [-0.3, -0.25) is 0 Å². The summed E-state index contributed by atoms with van der Waals surface area (Å²) in [6.45, 7) is 6.90. The average molecular weight is 555 g/mol. The van der Waals surface area contributed by atoms with Crippen LogP contribution in [0.1, 0.15) is 48.6 Å². The lowest BCUT2D eigenvalue weighted by molar-refractivity contribution is 0.587. The van der Waals surface area contributed by atoms with Crippen molar-refractivity contribution in [2.45, 2.75) is 31.6 Å². The van der Waals surface area contributed by atoms with Gasteiger partial charge in [0.15, 0.2) is 0 Å². The summed E-state index contributed by atoms with van der Waals surface area (Å²) in [6.07, 6.45) is 0. The highest BCUT2D eigenvalue weighted by atomic mass is 15.2. The molecule has 0 aliphatic carbocycles. The molecule has 0 saturated carbocycles. The third kappa shape index (κ3) is 3.79. The topological polar surface area (TPSA) is 15.3 Å². The van der Waals surface area contributed by atoms with Crippen LogP contribution in [-0.4, -0.2) is 0 Å². The standard InChI is InChI=1S/C41H34N2/c1-40(2,3)30-23-26-37-35(27-30)41(32-15-7-10-18-36(32)42-37)33-16-8-11-19-38(33)43(39-20-12-9-17-34(39)41)31-24-21-29(22-25-31)28-13-5-4-6-14-28/h4-27,42H,1-3H3. The average Bonchev–Trinajstić information content (AvgIpc) is 3.05. The van der Waals surface area contributed by atoms with E-state index in [9.17, 15) is 0 Å². The van der Waals surface area contributed by atoms with Crippen LogP contribution in [0.15, 0.2) is 146 Å². The predicted octanol–water partition coefficient (Wildman–Crippen LogP) is 10.9. The number of benzene rings is 6. The van der Waals surface area contributed by atoms with Gasteiger partial charge in [0.1, 0.15) is 0 Å². The second-order valence-electron chi connectivity index (χ2n) is 12.7. The fraction of sp³-hybridized carbons (Fsp3) is 0.122. The molecule has 2 heteroatoms. The Labute approximate surface area is 254 Å². The third-order valence-electron chi connectivity index (χ3n) is 9.22. The molecule has 0 bridgehead atoms. The third-order valence-corrected chi connectivity index (χ3v) is 9.22. The Kier molecular flexibility index (Phi) is 5.64. The van der Waals surface area contributed by atoms with Crippen molar-refractivity contribution in [3.8, 4) is 11.1 Å². The Morgan fingerprint density at radius 1 is 0.488 bits per heavy atom. The molecule has 6 aromatic carbocycles. The molecule has 1 N–H and O–H groups in total. The monoisotopic (exact) mass is 554 g/mol. The number of para-hydroxylation sites is 3. The molecule has 0 aromatic heterocycles. The van der Waals surface area contributed by atoms with E-state index in [4.69, 9.17) is 0 Å². The Hall–Kier alpha value is -5.08. The van der Waals surface area contributed by atoms with Crippen LogP contribution in [0.25, 0.3) is 11.1 Å². The smallest absolute Gasteiger partial charge is 0.0782 e. The zero-order chi connectivity index (χ0) is 29.2. The maximum absolute atomic E-state index is 3.80. The molecule has 208 valence electrons. The summed E-state index contributed by atoms with van der Waals surface area (Å²) in [4.78, 5) is 2.45. The van der Waals surface area contributed by atoms with Crippen molar-refractivity contribution in [1.82, 2.24) is 0 Å². The minimum absolute atomic E-state index is 0.0213. The van der Waals surface area contributed by atoms with Crippen molar-refractivity contribution in [2.75, 3.05) is 10.2 Å². The highest BCUT2D eigenvalue weighted by Crippen LogP contribution is 2.62. The highest BCUT2D eigenvalue weighted by molar-refractivity contribution is 5.94.